The van der Waals surface area contributed by atoms with Crippen molar-refractivity contribution in [2.75, 3.05) is 0 Å². The fraction of sp³-hybridized carbons (Fsp3) is 0.222. The molecule has 0 aliphatic carbocycles. The van der Waals surface area contributed by atoms with Crippen LogP contribution in [-0.2, 0) is 7.05 Å². The fourth-order valence-electron chi connectivity index (χ4n) is 1.41. The van der Waals surface area contributed by atoms with Crippen LogP contribution in [0.25, 0.3) is 11.0 Å². The van der Waals surface area contributed by atoms with E-state index in [1.165, 1.54) is 0 Å². The van der Waals surface area contributed by atoms with E-state index in [0.29, 0.717) is 10.5 Å². The molecule has 0 saturated heterocycles. The molecular weight excluding hydrogens is 188 g/mol. The van der Waals surface area contributed by atoms with Gasteiger partial charge in [-0.3, -0.25) is 4.57 Å². The van der Waals surface area contributed by atoms with Gasteiger partial charge in [-0.1, -0.05) is 11.6 Å². The highest BCUT2D eigenvalue weighted by Gasteiger charge is 2.06. The van der Waals surface area contributed by atoms with Gasteiger partial charge in [0.25, 0.3) is 0 Å². The summed E-state index contributed by atoms with van der Waals surface area (Å²) in [5.74, 6) is 0. The first-order chi connectivity index (χ1) is 6.09. The highest BCUT2D eigenvalue weighted by molar-refractivity contribution is 6.35. The number of nitrogens with one attached hydrogen (secondary N) is 1. The molecule has 1 aromatic carbocycles. The van der Waals surface area contributed by atoms with Gasteiger partial charge >= 0.3 is 5.69 Å². The van der Waals surface area contributed by atoms with Crippen molar-refractivity contribution in [3.05, 3.63) is 33.2 Å². The lowest BCUT2D eigenvalue weighted by Gasteiger charge is -1.97. The van der Waals surface area contributed by atoms with Crippen LogP contribution in [-0.4, -0.2) is 9.55 Å². The van der Waals surface area contributed by atoms with E-state index in [9.17, 15) is 4.79 Å². The molecule has 2 rings (SSSR count). The second kappa shape index (κ2) is 2.64. The molecule has 0 aliphatic rings. The smallest absolute Gasteiger partial charge is 0.304 e. The number of imidazole rings is 1. The lowest BCUT2D eigenvalue weighted by atomic mass is 10.2. The Morgan fingerprint density at radius 3 is 2.85 bits per heavy atom. The van der Waals surface area contributed by atoms with E-state index >= 15 is 0 Å². The number of aryl methyl sites for hydroxylation is 2. The van der Waals surface area contributed by atoms with Crippen molar-refractivity contribution in [2.24, 2.45) is 7.05 Å². The Morgan fingerprint density at radius 2 is 2.15 bits per heavy atom. The summed E-state index contributed by atoms with van der Waals surface area (Å²) >= 11 is 5.96. The lowest BCUT2D eigenvalue weighted by Crippen LogP contribution is -2.11. The summed E-state index contributed by atoms with van der Waals surface area (Å²) in [5, 5.41) is 0.590. The van der Waals surface area contributed by atoms with Gasteiger partial charge in [0.1, 0.15) is 0 Å². The predicted molar refractivity (Wildman–Crippen MR) is 53.3 cm³/mol. The molecule has 1 heterocycles. The molecule has 0 spiro atoms. The van der Waals surface area contributed by atoms with Crippen LogP contribution >= 0.6 is 11.6 Å². The monoisotopic (exact) mass is 196 g/mol. The number of rotatable bonds is 0. The normalized spacial score (nSPS) is 11.0. The Hall–Kier alpha value is -1.22. The second-order valence-corrected chi connectivity index (χ2v) is 3.54. The number of hydrogen-bond donors (Lipinski definition) is 1. The van der Waals surface area contributed by atoms with Crippen LogP contribution in [0.15, 0.2) is 16.9 Å². The Labute approximate surface area is 79.9 Å². The van der Waals surface area contributed by atoms with Crippen molar-refractivity contribution in [1.29, 1.82) is 0 Å². The van der Waals surface area contributed by atoms with E-state index in [4.69, 9.17) is 11.6 Å². The minimum atomic E-state index is -0.137. The number of aromatic nitrogens is 2. The van der Waals surface area contributed by atoms with Gasteiger partial charge in [-0.05, 0) is 24.6 Å². The predicted octanol–water partition coefficient (Wildman–Crippen LogP) is 1.83. The molecule has 0 bridgehead atoms. The lowest BCUT2D eigenvalue weighted by molar-refractivity contribution is 0.891. The van der Waals surface area contributed by atoms with Crippen molar-refractivity contribution < 1.29 is 0 Å². The maximum atomic E-state index is 11.3. The van der Waals surface area contributed by atoms with Crippen molar-refractivity contribution in [2.45, 2.75) is 6.92 Å². The zero-order valence-corrected chi connectivity index (χ0v) is 8.14. The quantitative estimate of drug-likeness (QED) is 0.686. The maximum absolute atomic E-state index is 11.3. The van der Waals surface area contributed by atoms with Crippen LogP contribution in [0.2, 0.25) is 5.02 Å². The van der Waals surface area contributed by atoms with E-state index in [2.05, 4.69) is 4.98 Å². The number of nitrogens with zero attached hydrogens (tertiary/aromatic N) is 1. The van der Waals surface area contributed by atoms with Crippen molar-refractivity contribution in [1.82, 2.24) is 9.55 Å². The molecule has 68 valence electrons. The molecule has 2 aromatic rings. The van der Waals surface area contributed by atoms with Gasteiger partial charge in [0, 0.05) is 7.05 Å². The zero-order valence-electron chi connectivity index (χ0n) is 7.39. The molecule has 0 atom stereocenters. The Morgan fingerprint density at radius 1 is 1.46 bits per heavy atom. The summed E-state index contributed by atoms with van der Waals surface area (Å²) in [5.41, 5.74) is 2.46. The summed E-state index contributed by atoms with van der Waals surface area (Å²) in [7, 11) is 1.72. The third-order valence-electron chi connectivity index (χ3n) is 2.11. The largest absolute Gasteiger partial charge is 0.326 e. The van der Waals surface area contributed by atoms with Crippen LogP contribution in [0, 0.1) is 6.92 Å². The topological polar surface area (TPSA) is 37.8 Å². The van der Waals surface area contributed by atoms with Gasteiger partial charge in [-0.2, -0.15) is 0 Å². The van der Waals surface area contributed by atoms with E-state index in [0.717, 1.165) is 11.1 Å². The van der Waals surface area contributed by atoms with E-state index in [-0.39, 0.29) is 5.69 Å². The van der Waals surface area contributed by atoms with Crippen LogP contribution in [0.5, 0.6) is 0 Å². The zero-order chi connectivity index (χ0) is 9.59. The molecule has 0 fully saturated rings. The van der Waals surface area contributed by atoms with Gasteiger partial charge in [0.2, 0.25) is 0 Å². The van der Waals surface area contributed by atoms with Gasteiger partial charge in [-0.25, -0.2) is 4.79 Å². The van der Waals surface area contributed by atoms with Gasteiger partial charge < -0.3 is 4.98 Å². The molecule has 0 unspecified atom stereocenters. The highest BCUT2D eigenvalue weighted by Crippen LogP contribution is 2.21. The summed E-state index contributed by atoms with van der Waals surface area (Å²) in [6.45, 7) is 1.95. The van der Waals surface area contributed by atoms with Crippen molar-refractivity contribution in [3.8, 4) is 0 Å². The standard InChI is InChI=1S/C9H9ClN2O/c1-5-3-6(10)8-7(4-5)12(2)9(13)11-8/h3-4H,1-2H3,(H,11,13). The van der Waals surface area contributed by atoms with E-state index in [1.807, 2.05) is 19.1 Å². The fourth-order valence-corrected chi connectivity index (χ4v) is 1.73. The third-order valence-corrected chi connectivity index (χ3v) is 2.41. The highest BCUT2D eigenvalue weighted by atomic mass is 35.5. The SMILES string of the molecule is Cc1cc(Cl)c2[nH]c(=O)n(C)c2c1. The maximum Gasteiger partial charge on any atom is 0.326 e. The number of fused-ring (bicyclic) bond motifs is 1. The molecule has 1 N–H and O–H groups in total. The Kier molecular flexibility index (Phi) is 1.70. The minimum absolute atomic E-state index is 0.137. The summed E-state index contributed by atoms with van der Waals surface area (Å²) in [4.78, 5) is 13.9. The first-order valence-corrected chi connectivity index (χ1v) is 4.32. The van der Waals surface area contributed by atoms with Crippen LogP contribution < -0.4 is 5.69 Å². The molecule has 0 saturated carbocycles. The molecule has 13 heavy (non-hydrogen) atoms. The molecule has 0 amide bonds. The van der Waals surface area contributed by atoms with E-state index < -0.39 is 0 Å². The van der Waals surface area contributed by atoms with Crippen LogP contribution in [0.1, 0.15) is 5.56 Å². The first kappa shape index (κ1) is 8.38. The first-order valence-electron chi connectivity index (χ1n) is 3.94. The van der Waals surface area contributed by atoms with Gasteiger partial charge in [-0.15, -0.1) is 0 Å². The molecule has 0 aliphatic heterocycles. The average Bonchev–Trinajstić information content (AvgIpc) is 2.32. The number of halogens is 1. The second-order valence-electron chi connectivity index (χ2n) is 3.13. The van der Waals surface area contributed by atoms with Crippen molar-refractivity contribution in [3.63, 3.8) is 0 Å². The molecule has 3 nitrogen and oxygen atoms in total. The Bertz CT molecular complexity index is 524. The minimum Gasteiger partial charge on any atom is -0.304 e. The van der Waals surface area contributed by atoms with E-state index in [1.54, 1.807) is 11.6 Å². The number of aromatic amines is 1. The number of benzene rings is 1. The molecule has 1 aromatic heterocycles. The molecule has 0 radical (unpaired) electrons. The molecular formula is C9H9ClN2O. The summed E-state index contributed by atoms with van der Waals surface area (Å²) in [6, 6.07) is 3.76. The van der Waals surface area contributed by atoms with Crippen LogP contribution in [0.4, 0.5) is 0 Å². The van der Waals surface area contributed by atoms with Crippen molar-refractivity contribution >= 4 is 22.6 Å². The number of H-pyrrole nitrogens is 1. The summed E-state index contributed by atoms with van der Waals surface area (Å²) in [6.07, 6.45) is 0. The average molecular weight is 197 g/mol. The van der Waals surface area contributed by atoms with Crippen LogP contribution in [0.3, 0.4) is 0 Å². The molecule has 4 heteroatoms. The van der Waals surface area contributed by atoms with Gasteiger partial charge in [0.05, 0.1) is 16.1 Å². The van der Waals surface area contributed by atoms with Gasteiger partial charge in [0.15, 0.2) is 0 Å². The third kappa shape index (κ3) is 1.16. The summed E-state index contributed by atoms with van der Waals surface area (Å²) < 4.78 is 1.55. The number of hydrogen-bond acceptors (Lipinski definition) is 1. The Balaban J connectivity index is 3.03.